The summed E-state index contributed by atoms with van der Waals surface area (Å²) in [5, 5.41) is 6.00. The molecule has 2 amide bonds. The number of halogens is 3. The molecule has 2 heterocycles. The fourth-order valence-corrected chi connectivity index (χ4v) is 5.15. The minimum absolute atomic E-state index is 0.00892. The van der Waals surface area contributed by atoms with Crippen molar-refractivity contribution in [2.24, 2.45) is 5.92 Å². The quantitative estimate of drug-likeness (QED) is 0.354. The number of ether oxygens (including phenoxy) is 2. The Morgan fingerprint density at radius 1 is 1.05 bits per heavy atom. The molecule has 2 aliphatic carbocycles. The first-order valence-electron chi connectivity index (χ1n) is 13.4. The van der Waals surface area contributed by atoms with Crippen LogP contribution >= 0.6 is 0 Å². The lowest BCUT2D eigenvalue weighted by atomic mass is 9.91. The number of methoxy groups -OCH3 is 1. The molecule has 0 atom stereocenters. The van der Waals surface area contributed by atoms with Gasteiger partial charge in [-0.25, -0.2) is 9.97 Å². The molecule has 2 saturated carbocycles. The van der Waals surface area contributed by atoms with E-state index in [0.29, 0.717) is 53.4 Å². The van der Waals surface area contributed by atoms with Crippen molar-refractivity contribution in [3.05, 3.63) is 41.3 Å². The van der Waals surface area contributed by atoms with E-state index < -0.39 is 11.7 Å². The topological polar surface area (TPSA) is 118 Å². The lowest BCUT2D eigenvalue weighted by Crippen LogP contribution is -2.44. The van der Waals surface area contributed by atoms with Crippen molar-refractivity contribution in [2.45, 2.75) is 63.7 Å². The maximum atomic E-state index is 13.6. The summed E-state index contributed by atoms with van der Waals surface area (Å²) in [5.41, 5.74) is 1.14. The number of hydrogen-bond acceptors (Lipinski definition) is 6. The largest absolute Gasteiger partial charge is 0.493 e. The van der Waals surface area contributed by atoms with Crippen molar-refractivity contribution in [3.63, 3.8) is 0 Å². The van der Waals surface area contributed by atoms with Gasteiger partial charge in [-0.3, -0.25) is 9.59 Å². The fourth-order valence-electron chi connectivity index (χ4n) is 5.15. The number of rotatable bonds is 9. The first-order chi connectivity index (χ1) is 19.1. The number of aromatic nitrogens is 3. The summed E-state index contributed by atoms with van der Waals surface area (Å²) in [6.07, 6.45) is 1.60. The van der Waals surface area contributed by atoms with Crippen LogP contribution in [0.3, 0.4) is 0 Å². The predicted molar refractivity (Wildman–Crippen MR) is 141 cm³/mol. The number of hydrogen-bond donors (Lipinski definition) is 3. The van der Waals surface area contributed by atoms with Gasteiger partial charge in [0.15, 0.2) is 0 Å². The molecule has 3 N–H and O–H groups in total. The number of nitrogens with zero attached hydrogens (tertiary/aromatic N) is 2. The maximum Gasteiger partial charge on any atom is 0.416 e. The van der Waals surface area contributed by atoms with Crippen LogP contribution in [0.1, 0.15) is 60.1 Å². The van der Waals surface area contributed by atoms with Gasteiger partial charge < -0.3 is 25.1 Å². The normalized spacial score (nSPS) is 19.4. The lowest BCUT2D eigenvalue weighted by molar-refractivity contribution is -0.137. The molecule has 2 aliphatic rings. The lowest BCUT2D eigenvalue weighted by Gasteiger charge is -2.29. The molecule has 0 saturated heterocycles. The zero-order chi connectivity index (χ0) is 28.4. The number of aromatic amines is 1. The first kappa shape index (κ1) is 27.9. The number of nitrogens with one attached hydrogen (secondary N) is 3. The molecule has 5 rings (SSSR count). The van der Waals surface area contributed by atoms with E-state index in [1.165, 1.54) is 19.5 Å². The molecular formula is C28H32F3N5O4. The summed E-state index contributed by atoms with van der Waals surface area (Å²) in [4.78, 5) is 36.9. The van der Waals surface area contributed by atoms with Gasteiger partial charge in [0.1, 0.15) is 29.9 Å². The smallest absolute Gasteiger partial charge is 0.416 e. The minimum atomic E-state index is -4.54. The number of carbonyl (C=O) groups is 2. The van der Waals surface area contributed by atoms with Crippen molar-refractivity contribution in [1.82, 2.24) is 25.6 Å². The summed E-state index contributed by atoms with van der Waals surface area (Å²) in [6, 6.07) is 3.31. The Morgan fingerprint density at radius 2 is 1.75 bits per heavy atom. The van der Waals surface area contributed by atoms with Gasteiger partial charge in [-0.1, -0.05) is 0 Å². The van der Waals surface area contributed by atoms with Gasteiger partial charge in [0.25, 0.3) is 5.91 Å². The highest BCUT2D eigenvalue weighted by Crippen LogP contribution is 2.40. The monoisotopic (exact) mass is 559 g/mol. The van der Waals surface area contributed by atoms with Crippen LogP contribution in [0.15, 0.2) is 24.5 Å². The van der Waals surface area contributed by atoms with Crippen LogP contribution in [0, 0.1) is 12.8 Å². The van der Waals surface area contributed by atoms with Gasteiger partial charge in [-0.2, -0.15) is 13.2 Å². The van der Waals surface area contributed by atoms with E-state index in [1.54, 1.807) is 6.92 Å². The summed E-state index contributed by atoms with van der Waals surface area (Å²) in [7, 11) is 1.47. The molecule has 0 spiro atoms. The van der Waals surface area contributed by atoms with Crippen LogP contribution < -0.4 is 15.4 Å². The van der Waals surface area contributed by atoms with Crippen LogP contribution in [0.4, 0.5) is 13.2 Å². The average Bonchev–Trinajstić information content (AvgIpc) is 3.67. The molecule has 40 heavy (non-hydrogen) atoms. The number of H-pyrrole nitrogens is 1. The Hall–Kier alpha value is -3.67. The molecule has 0 aliphatic heterocycles. The Morgan fingerprint density at radius 3 is 2.40 bits per heavy atom. The number of fused-ring (bicyclic) bond motifs is 1. The van der Waals surface area contributed by atoms with E-state index in [1.807, 2.05) is 0 Å². The van der Waals surface area contributed by atoms with E-state index >= 15 is 0 Å². The van der Waals surface area contributed by atoms with E-state index in [4.69, 9.17) is 9.47 Å². The Kier molecular flexibility index (Phi) is 7.97. The summed E-state index contributed by atoms with van der Waals surface area (Å²) in [5.74, 6) is 0.212. The van der Waals surface area contributed by atoms with Crippen molar-refractivity contribution < 1.29 is 32.2 Å². The average molecular weight is 560 g/mol. The van der Waals surface area contributed by atoms with Crippen LogP contribution in [0.5, 0.6) is 5.75 Å². The van der Waals surface area contributed by atoms with Gasteiger partial charge >= 0.3 is 6.18 Å². The van der Waals surface area contributed by atoms with E-state index in [2.05, 4.69) is 25.6 Å². The summed E-state index contributed by atoms with van der Waals surface area (Å²) < 4.78 is 51.6. The van der Waals surface area contributed by atoms with Crippen molar-refractivity contribution in [3.8, 4) is 17.0 Å². The van der Waals surface area contributed by atoms with Crippen LogP contribution in [-0.2, 0) is 15.7 Å². The van der Waals surface area contributed by atoms with Crippen molar-refractivity contribution in [1.29, 1.82) is 0 Å². The van der Waals surface area contributed by atoms with Gasteiger partial charge in [0.2, 0.25) is 5.91 Å². The highest BCUT2D eigenvalue weighted by Gasteiger charge is 2.33. The molecule has 214 valence electrons. The van der Waals surface area contributed by atoms with Crippen LogP contribution in [-0.4, -0.2) is 59.2 Å². The number of alkyl halides is 3. The van der Waals surface area contributed by atoms with Gasteiger partial charge in [0.05, 0.1) is 23.3 Å². The second-order valence-electron chi connectivity index (χ2n) is 10.6. The van der Waals surface area contributed by atoms with Crippen LogP contribution in [0.2, 0.25) is 0 Å². The number of amides is 2. The zero-order valence-electron chi connectivity index (χ0n) is 22.4. The Bertz CT molecular complexity index is 1390. The zero-order valence-corrected chi connectivity index (χ0v) is 22.4. The predicted octanol–water partition coefficient (Wildman–Crippen LogP) is 4.54. The number of aryl methyl sites for hydroxylation is 1. The van der Waals surface area contributed by atoms with Crippen molar-refractivity contribution >= 4 is 22.8 Å². The highest BCUT2D eigenvalue weighted by atomic mass is 19.4. The highest BCUT2D eigenvalue weighted by molar-refractivity contribution is 6.09. The van der Waals surface area contributed by atoms with Crippen molar-refractivity contribution in [2.75, 3.05) is 20.3 Å². The molecule has 0 radical (unpaired) electrons. The molecule has 0 unspecified atom stereocenters. The van der Waals surface area contributed by atoms with Crippen LogP contribution in [0.25, 0.3) is 22.3 Å². The van der Waals surface area contributed by atoms with Gasteiger partial charge in [-0.05, 0) is 69.6 Å². The first-order valence-corrected chi connectivity index (χ1v) is 13.4. The second-order valence-corrected chi connectivity index (χ2v) is 10.6. The van der Waals surface area contributed by atoms with Gasteiger partial charge in [0, 0.05) is 30.5 Å². The third-order valence-electron chi connectivity index (χ3n) is 7.44. The summed E-state index contributed by atoms with van der Waals surface area (Å²) >= 11 is 0. The Balaban J connectivity index is 1.39. The van der Waals surface area contributed by atoms with Gasteiger partial charge in [-0.15, -0.1) is 0 Å². The van der Waals surface area contributed by atoms with E-state index in [-0.39, 0.29) is 41.8 Å². The number of carbonyl (C=O) groups excluding carboxylic acids is 2. The molecule has 3 aromatic rings. The molecule has 12 heteroatoms. The fraction of sp³-hybridized carbons (Fsp3) is 0.500. The second kappa shape index (κ2) is 11.4. The molecule has 2 aromatic heterocycles. The molecule has 9 nitrogen and oxygen atoms in total. The third-order valence-corrected chi connectivity index (χ3v) is 7.44. The molecule has 2 fully saturated rings. The Labute approximate surface area is 229 Å². The maximum absolute atomic E-state index is 13.6. The third kappa shape index (κ3) is 6.22. The SMILES string of the molecule is COCC(=O)N[C@H]1CC[C@H](NC(=O)c2c(C)[nH]c3c(-c4cc(C(F)(F)F)ccc4OCC4CC4)ncnc23)CC1. The van der Waals surface area contributed by atoms with E-state index in [0.717, 1.165) is 37.8 Å². The number of benzene rings is 1. The molecule has 0 bridgehead atoms. The standard InChI is InChI=1S/C28H32F3N5O4/c1-15-23(27(38)36-19-8-6-18(7-9-19)35-22(37)13-39-2)25-26(34-15)24(32-14-33-25)20-11-17(28(29,30)31)5-10-21(20)40-12-16-3-4-16/h5,10-11,14,16,18-19,34H,3-4,6-9,12-13H2,1-2H3,(H,35,37)(H,36,38)/t18-,19-. The minimum Gasteiger partial charge on any atom is -0.493 e. The molecular weight excluding hydrogens is 527 g/mol. The molecule has 1 aromatic carbocycles. The summed E-state index contributed by atoms with van der Waals surface area (Å²) in [6.45, 7) is 2.15. The van der Waals surface area contributed by atoms with E-state index in [9.17, 15) is 22.8 Å².